The number of nitrogens with one attached hydrogen (secondary N) is 2. The Morgan fingerprint density at radius 1 is 1.47 bits per heavy atom. The number of nitrogens with zero attached hydrogens (tertiary/aromatic N) is 1. The Morgan fingerprint density at radius 2 is 2.21 bits per heavy atom. The molecule has 2 N–H and O–H groups in total. The van der Waals surface area contributed by atoms with Gasteiger partial charge >= 0.3 is 0 Å². The summed E-state index contributed by atoms with van der Waals surface area (Å²) in [7, 11) is 0. The molecular formula is C13H21Cl2N3O. The molecule has 0 aliphatic carbocycles. The smallest absolute Gasteiger partial charge is 0.231 e. The minimum Gasteiger partial charge on any atom is -0.324 e. The minimum atomic E-state index is -0.305. The largest absolute Gasteiger partial charge is 0.324 e. The summed E-state index contributed by atoms with van der Waals surface area (Å²) in [5.41, 5.74) is 1.55. The number of halogens is 2. The van der Waals surface area contributed by atoms with Crippen LogP contribution in [0.15, 0.2) is 18.5 Å². The number of rotatable bonds is 2. The number of hydrogen-bond donors (Lipinski definition) is 2. The molecule has 0 aromatic carbocycles. The zero-order chi connectivity index (χ0) is 12.3. The molecule has 0 spiro atoms. The van der Waals surface area contributed by atoms with Crippen LogP contribution in [0.5, 0.6) is 0 Å². The molecule has 0 bridgehead atoms. The molecule has 0 saturated carbocycles. The van der Waals surface area contributed by atoms with Crippen molar-refractivity contribution in [1.82, 2.24) is 10.3 Å². The lowest BCUT2D eigenvalue weighted by Gasteiger charge is -2.32. The molecule has 1 aromatic rings. The van der Waals surface area contributed by atoms with E-state index < -0.39 is 0 Å². The van der Waals surface area contributed by atoms with Crippen LogP contribution in [0.1, 0.15) is 25.3 Å². The number of aromatic nitrogens is 1. The number of amides is 1. The van der Waals surface area contributed by atoms with Crippen molar-refractivity contribution < 1.29 is 4.79 Å². The second-order valence-corrected chi connectivity index (χ2v) is 4.99. The Labute approximate surface area is 126 Å². The van der Waals surface area contributed by atoms with Crippen LogP contribution in [0.25, 0.3) is 0 Å². The van der Waals surface area contributed by atoms with Gasteiger partial charge in [0.25, 0.3) is 0 Å². The van der Waals surface area contributed by atoms with Gasteiger partial charge < -0.3 is 10.6 Å². The minimum absolute atomic E-state index is 0. The maximum atomic E-state index is 12.3. The highest BCUT2D eigenvalue weighted by Gasteiger charge is 2.34. The molecule has 1 aliphatic rings. The Hall–Kier alpha value is -0.840. The van der Waals surface area contributed by atoms with Gasteiger partial charge in [-0.3, -0.25) is 9.78 Å². The van der Waals surface area contributed by atoms with E-state index in [-0.39, 0.29) is 36.1 Å². The summed E-state index contributed by atoms with van der Waals surface area (Å²) < 4.78 is 0. The van der Waals surface area contributed by atoms with E-state index >= 15 is 0 Å². The third-order valence-corrected chi connectivity index (χ3v) is 3.43. The molecule has 1 saturated heterocycles. The molecule has 0 radical (unpaired) electrons. The first-order chi connectivity index (χ1) is 8.12. The van der Waals surface area contributed by atoms with Crippen LogP contribution in [-0.4, -0.2) is 24.0 Å². The normalized spacial score (nSPS) is 21.8. The molecule has 1 unspecified atom stereocenters. The Kier molecular flexibility index (Phi) is 7.34. The van der Waals surface area contributed by atoms with Gasteiger partial charge in [-0.2, -0.15) is 0 Å². The second-order valence-electron chi connectivity index (χ2n) is 4.99. The average Bonchev–Trinajstić information content (AvgIpc) is 2.33. The average molecular weight is 306 g/mol. The van der Waals surface area contributed by atoms with E-state index in [4.69, 9.17) is 0 Å². The highest BCUT2D eigenvalue weighted by Crippen LogP contribution is 2.27. The maximum Gasteiger partial charge on any atom is 0.231 e. The second kappa shape index (κ2) is 7.68. The highest BCUT2D eigenvalue weighted by atomic mass is 35.5. The fraction of sp³-hybridized carbons (Fsp3) is 0.538. The molecule has 1 amide bonds. The zero-order valence-electron chi connectivity index (χ0n) is 11.2. The zero-order valence-corrected chi connectivity index (χ0v) is 12.9. The fourth-order valence-electron chi connectivity index (χ4n) is 2.12. The van der Waals surface area contributed by atoms with Crippen molar-refractivity contribution in [3.8, 4) is 0 Å². The molecule has 1 aliphatic heterocycles. The Balaban J connectivity index is 0.00000162. The van der Waals surface area contributed by atoms with E-state index in [9.17, 15) is 4.79 Å². The van der Waals surface area contributed by atoms with E-state index in [0.717, 1.165) is 37.2 Å². The van der Waals surface area contributed by atoms with E-state index in [1.807, 2.05) is 19.9 Å². The SMILES string of the molecule is Cc1ccncc1NC(=O)C1(C)CCCNC1.Cl.Cl. The molecule has 19 heavy (non-hydrogen) atoms. The van der Waals surface area contributed by atoms with Crippen LogP contribution in [0.4, 0.5) is 5.69 Å². The number of piperidine rings is 1. The van der Waals surface area contributed by atoms with Gasteiger partial charge in [0.15, 0.2) is 0 Å². The monoisotopic (exact) mass is 305 g/mol. The lowest BCUT2D eigenvalue weighted by Crippen LogP contribution is -2.46. The van der Waals surface area contributed by atoms with Crippen LogP contribution in [-0.2, 0) is 4.79 Å². The third kappa shape index (κ3) is 4.34. The van der Waals surface area contributed by atoms with Gasteiger partial charge in [-0.05, 0) is 44.9 Å². The summed E-state index contributed by atoms with van der Waals surface area (Å²) in [6.45, 7) is 5.74. The fourth-order valence-corrected chi connectivity index (χ4v) is 2.12. The van der Waals surface area contributed by atoms with Crippen LogP contribution in [0.2, 0.25) is 0 Å². The van der Waals surface area contributed by atoms with Gasteiger partial charge in [0, 0.05) is 12.7 Å². The van der Waals surface area contributed by atoms with Crippen LogP contribution < -0.4 is 10.6 Å². The van der Waals surface area contributed by atoms with E-state index in [1.165, 1.54) is 0 Å². The van der Waals surface area contributed by atoms with Gasteiger partial charge in [0.2, 0.25) is 5.91 Å². The molecule has 1 aromatic heterocycles. The lowest BCUT2D eigenvalue weighted by atomic mass is 9.82. The number of anilines is 1. The van der Waals surface area contributed by atoms with Gasteiger partial charge in [0.05, 0.1) is 17.3 Å². The number of aryl methyl sites for hydroxylation is 1. The van der Waals surface area contributed by atoms with Gasteiger partial charge in [0.1, 0.15) is 0 Å². The first-order valence-electron chi connectivity index (χ1n) is 6.05. The van der Waals surface area contributed by atoms with Crippen LogP contribution in [0, 0.1) is 12.3 Å². The first kappa shape index (κ1) is 18.2. The van der Waals surface area contributed by atoms with E-state index in [0.29, 0.717) is 0 Å². The quantitative estimate of drug-likeness (QED) is 0.883. The topological polar surface area (TPSA) is 54.0 Å². The molecular weight excluding hydrogens is 285 g/mol. The number of pyridine rings is 1. The summed E-state index contributed by atoms with van der Waals surface area (Å²) in [5.74, 6) is 0.0841. The molecule has 1 fully saturated rings. The molecule has 1 atom stereocenters. The van der Waals surface area contributed by atoms with Crippen molar-refractivity contribution in [2.24, 2.45) is 5.41 Å². The van der Waals surface area contributed by atoms with Crippen molar-refractivity contribution in [2.45, 2.75) is 26.7 Å². The summed E-state index contributed by atoms with van der Waals surface area (Å²) in [5, 5.41) is 6.26. The molecule has 2 rings (SSSR count). The molecule has 2 heterocycles. The first-order valence-corrected chi connectivity index (χ1v) is 6.05. The molecule has 108 valence electrons. The lowest BCUT2D eigenvalue weighted by molar-refractivity contribution is -0.125. The van der Waals surface area contributed by atoms with Gasteiger partial charge in [-0.1, -0.05) is 0 Å². The van der Waals surface area contributed by atoms with Crippen molar-refractivity contribution in [3.05, 3.63) is 24.0 Å². The summed E-state index contributed by atoms with van der Waals surface area (Å²) >= 11 is 0. The Morgan fingerprint density at radius 3 is 2.79 bits per heavy atom. The number of carbonyl (C=O) groups is 1. The maximum absolute atomic E-state index is 12.3. The van der Waals surface area contributed by atoms with Crippen LogP contribution >= 0.6 is 24.8 Å². The van der Waals surface area contributed by atoms with Gasteiger partial charge in [-0.15, -0.1) is 24.8 Å². The third-order valence-electron chi connectivity index (χ3n) is 3.43. The van der Waals surface area contributed by atoms with Crippen LogP contribution in [0.3, 0.4) is 0 Å². The highest BCUT2D eigenvalue weighted by molar-refractivity contribution is 5.95. The summed E-state index contributed by atoms with van der Waals surface area (Å²) in [6.07, 6.45) is 5.42. The molecule has 4 nitrogen and oxygen atoms in total. The van der Waals surface area contributed by atoms with E-state index in [1.54, 1.807) is 12.4 Å². The number of hydrogen-bond acceptors (Lipinski definition) is 3. The Bertz CT molecular complexity index is 420. The standard InChI is InChI=1S/C13H19N3O.2ClH/c1-10-4-7-14-8-11(10)16-12(17)13(2)5-3-6-15-9-13;;/h4,7-8,15H,3,5-6,9H2,1-2H3,(H,16,17);2*1H. The van der Waals surface area contributed by atoms with Crippen molar-refractivity contribution in [3.63, 3.8) is 0 Å². The summed E-state index contributed by atoms with van der Waals surface area (Å²) in [6, 6.07) is 1.90. The van der Waals surface area contributed by atoms with Crippen molar-refractivity contribution in [2.75, 3.05) is 18.4 Å². The van der Waals surface area contributed by atoms with Gasteiger partial charge in [-0.25, -0.2) is 0 Å². The molecule has 6 heteroatoms. The van der Waals surface area contributed by atoms with E-state index in [2.05, 4.69) is 15.6 Å². The summed E-state index contributed by atoms with van der Waals surface area (Å²) in [4.78, 5) is 16.3. The van der Waals surface area contributed by atoms with Crippen molar-refractivity contribution >= 4 is 36.4 Å². The van der Waals surface area contributed by atoms with Crippen molar-refractivity contribution in [1.29, 1.82) is 0 Å². The predicted molar refractivity (Wildman–Crippen MR) is 82.3 cm³/mol. The predicted octanol–water partition coefficient (Wildman–Crippen LogP) is 2.56. The number of carbonyl (C=O) groups excluding carboxylic acids is 1.